The van der Waals surface area contributed by atoms with Gasteiger partial charge in [-0.15, -0.1) is 0 Å². The van der Waals surface area contributed by atoms with Crippen molar-refractivity contribution in [2.75, 3.05) is 18.5 Å². The number of benzene rings is 1. The number of carbonyl (C=O) groups is 1. The summed E-state index contributed by atoms with van der Waals surface area (Å²) < 4.78 is 0. The van der Waals surface area contributed by atoms with E-state index in [1.54, 1.807) is 7.05 Å². The average molecular weight is 261 g/mol. The van der Waals surface area contributed by atoms with Crippen LogP contribution in [0.1, 0.15) is 25.8 Å². The van der Waals surface area contributed by atoms with Gasteiger partial charge in [0.15, 0.2) is 0 Å². The Morgan fingerprint density at radius 1 is 1.53 bits per heavy atom. The second-order valence-electron chi connectivity index (χ2n) is 5.59. The average Bonchev–Trinajstić information content (AvgIpc) is 2.41. The van der Waals surface area contributed by atoms with Crippen molar-refractivity contribution in [2.24, 2.45) is 5.73 Å². The summed E-state index contributed by atoms with van der Waals surface area (Å²) in [7, 11) is 1.78. The van der Waals surface area contributed by atoms with E-state index < -0.39 is 5.54 Å². The molecule has 4 nitrogen and oxygen atoms in total. The number of aryl methyl sites for hydroxylation is 1. The fourth-order valence-corrected chi connectivity index (χ4v) is 2.62. The molecule has 1 heterocycles. The van der Waals surface area contributed by atoms with Crippen LogP contribution in [0.4, 0.5) is 5.69 Å². The number of hydrogen-bond donors (Lipinski definition) is 2. The molecule has 104 valence electrons. The summed E-state index contributed by atoms with van der Waals surface area (Å²) in [6, 6.07) is 8.82. The summed E-state index contributed by atoms with van der Waals surface area (Å²) in [5.74, 6) is -0.315. The minimum Gasteiger partial charge on any atom is -0.368 e. The fourth-order valence-electron chi connectivity index (χ4n) is 2.62. The number of nitrogens with one attached hydrogen (secondary N) is 1. The van der Waals surface area contributed by atoms with Crippen molar-refractivity contribution in [1.29, 1.82) is 0 Å². The predicted octanol–water partition coefficient (Wildman–Crippen LogP) is 1.29. The molecule has 1 aliphatic rings. The molecule has 0 bridgehead atoms. The smallest absolute Gasteiger partial charge is 0.239 e. The van der Waals surface area contributed by atoms with Crippen LogP contribution in [0.25, 0.3) is 0 Å². The highest BCUT2D eigenvalue weighted by Gasteiger charge is 2.35. The number of nitrogens with two attached hydrogens (primary N) is 1. The summed E-state index contributed by atoms with van der Waals surface area (Å²) in [6.45, 7) is 4.66. The molecule has 0 fully saturated rings. The lowest BCUT2D eigenvalue weighted by molar-refractivity contribution is -0.123. The van der Waals surface area contributed by atoms with E-state index in [0.29, 0.717) is 12.6 Å². The van der Waals surface area contributed by atoms with E-state index in [1.165, 1.54) is 11.3 Å². The van der Waals surface area contributed by atoms with Gasteiger partial charge in [0.05, 0.1) is 0 Å². The second kappa shape index (κ2) is 5.21. The van der Waals surface area contributed by atoms with Crippen LogP contribution in [0.5, 0.6) is 0 Å². The minimum atomic E-state index is -0.710. The van der Waals surface area contributed by atoms with Gasteiger partial charge in [0.1, 0.15) is 5.54 Å². The van der Waals surface area contributed by atoms with Gasteiger partial charge in [-0.2, -0.15) is 0 Å². The van der Waals surface area contributed by atoms with Gasteiger partial charge < -0.3 is 16.0 Å². The van der Waals surface area contributed by atoms with Crippen molar-refractivity contribution in [2.45, 2.75) is 38.3 Å². The van der Waals surface area contributed by atoms with Crippen molar-refractivity contribution in [3.8, 4) is 0 Å². The first kappa shape index (κ1) is 13.9. The Kier molecular flexibility index (Phi) is 3.80. The van der Waals surface area contributed by atoms with E-state index in [9.17, 15) is 4.79 Å². The van der Waals surface area contributed by atoms with E-state index in [4.69, 9.17) is 5.73 Å². The molecule has 0 aromatic heterocycles. The molecule has 1 aromatic rings. The van der Waals surface area contributed by atoms with Crippen molar-refractivity contribution in [1.82, 2.24) is 5.32 Å². The molecule has 0 radical (unpaired) electrons. The first-order valence-corrected chi connectivity index (χ1v) is 6.81. The monoisotopic (exact) mass is 261 g/mol. The van der Waals surface area contributed by atoms with Gasteiger partial charge in [-0.3, -0.25) is 4.79 Å². The van der Waals surface area contributed by atoms with Crippen molar-refractivity contribution < 1.29 is 4.79 Å². The highest BCUT2D eigenvalue weighted by Crippen LogP contribution is 2.31. The third-order valence-electron chi connectivity index (χ3n) is 4.25. The van der Waals surface area contributed by atoms with Crippen molar-refractivity contribution >= 4 is 11.6 Å². The molecule has 2 rings (SSSR count). The molecule has 2 unspecified atom stereocenters. The van der Waals surface area contributed by atoms with E-state index >= 15 is 0 Å². The van der Waals surface area contributed by atoms with E-state index in [1.807, 2.05) is 13.0 Å². The van der Waals surface area contributed by atoms with Crippen LogP contribution in [-0.2, 0) is 11.2 Å². The molecular weight excluding hydrogens is 238 g/mol. The lowest BCUT2D eigenvalue weighted by Gasteiger charge is -2.41. The van der Waals surface area contributed by atoms with Gasteiger partial charge >= 0.3 is 0 Å². The summed E-state index contributed by atoms with van der Waals surface area (Å²) in [5.41, 5.74) is 7.40. The summed E-state index contributed by atoms with van der Waals surface area (Å²) >= 11 is 0. The number of fused-ring (bicyclic) bond motifs is 1. The molecule has 19 heavy (non-hydrogen) atoms. The van der Waals surface area contributed by atoms with Gasteiger partial charge in [-0.05, 0) is 45.4 Å². The molecule has 0 aliphatic carbocycles. The largest absolute Gasteiger partial charge is 0.368 e. The standard InChI is InChI=1S/C15H23N3O/c1-11-8-9-12-6-4-5-7-13(12)18(11)10-15(2,17-3)14(16)19/h4-7,11,17H,8-10H2,1-3H3,(H2,16,19). The number of anilines is 1. The highest BCUT2D eigenvalue weighted by molar-refractivity contribution is 5.85. The Labute approximate surface area is 115 Å². The molecule has 1 aromatic carbocycles. The summed E-state index contributed by atoms with van der Waals surface area (Å²) in [5, 5.41) is 3.06. The maximum Gasteiger partial charge on any atom is 0.239 e. The molecule has 0 saturated heterocycles. The Morgan fingerprint density at radius 3 is 2.84 bits per heavy atom. The number of para-hydroxylation sites is 1. The molecule has 4 heteroatoms. The maximum absolute atomic E-state index is 11.7. The van der Waals surface area contributed by atoms with Gasteiger partial charge in [-0.25, -0.2) is 0 Å². The van der Waals surface area contributed by atoms with E-state index in [-0.39, 0.29) is 5.91 Å². The Morgan fingerprint density at radius 2 is 2.21 bits per heavy atom. The molecule has 2 atom stereocenters. The zero-order valence-corrected chi connectivity index (χ0v) is 11.9. The molecule has 3 N–H and O–H groups in total. The molecule has 1 amide bonds. The quantitative estimate of drug-likeness (QED) is 0.858. The fraction of sp³-hybridized carbons (Fsp3) is 0.533. The van der Waals surface area contributed by atoms with Gasteiger partial charge in [0.2, 0.25) is 5.91 Å². The zero-order valence-electron chi connectivity index (χ0n) is 11.9. The van der Waals surface area contributed by atoms with Gasteiger partial charge in [0.25, 0.3) is 0 Å². The lowest BCUT2D eigenvalue weighted by Crippen LogP contribution is -2.60. The first-order valence-electron chi connectivity index (χ1n) is 6.81. The van der Waals surface area contributed by atoms with Crippen molar-refractivity contribution in [3.63, 3.8) is 0 Å². The molecule has 0 saturated carbocycles. The maximum atomic E-state index is 11.7. The molecule has 0 spiro atoms. The second-order valence-corrected chi connectivity index (χ2v) is 5.59. The normalized spacial score (nSPS) is 21.6. The number of hydrogen-bond acceptors (Lipinski definition) is 3. The van der Waals surface area contributed by atoms with Crippen LogP contribution in [0.15, 0.2) is 24.3 Å². The topological polar surface area (TPSA) is 58.4 Å². The number of primary amides is 1. The Hall–Kier alpha value is -1.55. The first-order chi connectivity index (χ1) is 8.98. The van der Waals surface area contributed by atoms with E-state index in [0.717, 1.165) is 12.8 Å². The predicted molar refractivity (Wildman–Crippen MR) is 78.2 cm³/mol. The molecular formula is C15H23N3O. The number of likely N-dealkylation sites (N-methyl/N-ethyl adjacent to an activating group) is 1. The van der Waals surface area contributed by atoms with Crippen LogP contribution >= 0.6 is 0 Å². The highest BCUT2D eigenvalue weighted by atomic mass is 16.1. The Bertz CT molecular complexity index is 474. The molecule has 1 aliphatic heterocycles. The number of nitrogens with zero attached hydrogens (tertiary/aromatic N) is 1. The van der Waals surface area contributed by atoms with Crippen LogP contribution in [0.3, 0.4) is 0 Å². The van der Waals surface area contributed by atoms with Crippen LogP contribution in [0, 0.1) is 0 Å². The van der Waals surface area contributed by atoms with Crippen LogP contribution in [0.2, 0.25) is 0 Å². The Balaban J connectivity index is 2.31. The zero-order chi connectivity index (χ0) is 14.0. The third-order valence-corrected chi connectivity index (χ3v) is 4.25. The van der Waals surface area contributed by atoms with Gasteiger partial charge in [0, 0.05) is 18.3 Å². The summed E-state index contributed by atoms with van der Waals surface area (Å²) in [6.07, 6.45) is 2.20. The third kappa shape index (κ3) is 2.59. The van der Waals surface area contributed by atoms with Crippen LogP contribution < -0.4 is 16.0 Å². The van der Waals surface area contributed by atoms with Crippen LogP contribution in [-0.4, -0.2) is 31.1 Å². The minimum absolute atomic E-state index is 0.315. The van der Waals surface area contributed by atoms with E-state index in [2.05, 4.69) is 35.3 Å². The SMILES string of the molecule is CNC(C)(CN1c2ccccc2CCC1C)C(N)=O. The number of rotatable bonds is 4. The number of carbonyl (C=O) groups excluding carboxylic acids is 1. The lowest BCUT2D eigenvalue weighted by atomic mass is 9.93. The van der Waals surface area contributed by atoms with Gasteiger partial charge in [-0.1, -0.05) is 18.2 Å². The number of amides is 1. The van der Waals surface area contributed by atoms with Crippen molar-refractivity contribution in [3.05, 3.63) is 29.8 Å². The summed E-state index contributed by atoms with van der Waals surface area (Å²) in [4.78, 5) is 14.0.